The number of aromatic hydroxyl groups is 1. The number of likely N-dealkylation sites (tertiary alicyclic amines) is 2. The zero-order chi connectivity index (χ0) is 30.3. The number of nitrogens with zero attached hydrogens (tertiary/aromatic N) is 2. The standard InChI is InChI=1S/C29H41N5O7S/c1-41-28(37)26-4-3-15-34(26)29(38)33-16-12-22(13-17-33)31-21-7-5-20(6-8-21)11-14-30-19-27(36)24-10-9-23(35)18-25(24)32-42(2,39)40/h5-10,18,22,26-27,30-32,35-36H,3-4,11-17,19H2,1-2H3/t26-,27-/m0/s1. The van der Waals surface area contributed by atoms with Gasteiger partial charge in [-0.2, -0.15) is 0 Å². The number of amides is 2. The van der Waals surface area contributed by atoms with Crippen LogP contribution in [0, 0.1) is 0 Å². The summed E-state index contributed by atoms with van der Waals surface area (Å²) in [5, 5.41) is 27.0. The molecule has 0 saturated carbocycles. The van der Waals surface area contributed by atoms with Crippen molar-refractivity contribution in [3.8, 4) is 5.75 Å². The summed E-state index contributed by atoms with van der Waals surface area (Å²) in [6.45, 7) is 2.67. The van der Waals surface area contributed by atoms with Crippen molar-refractivity contribution in [1.29, 1.82) is 0 Å². The van der Waals surface area contributed by atoms with Gasteiger partial charge in [0.25, 0.3) is 0 Å². The van der Waals surface area contributed by atoms with Crippen LogP contribution in [0.25, 0.3) is 0 Å². The number of sulfonamides is 1. The fraction of sp³-hybridized carbons (Fsp3) is 0.517. The minimum absolute atomic E-state index is 0.0825. The van der Waals surface area contributed by atoms with Gasteiger partial charge in [-0.3, -0.25) is 4.72 Å². The van der Waals surface area contributed by atoms with Crippen LogP contribution >= 0.6 is 0 Å². The second-order valence-electron chi connectivity index (χ2n) is 10.9. The highest BCUT2D eigenvalue weighted by molar-refractivity contribution is 7.92. The zero-order valence-electron chi connectivity index (χ0n) is 24.1. The number of ether oxygens (including phenoxy) is 1. The Bertz CT molecular complexity index is 1330. The topological polar surface area (TPSA) is 161 Å². The van der Waals surface area contributed by atoms with E-state index in [1.807, 2.05) is 29.2 Å². The molecule has 2 aliphatic heterocycles. The third-order valence-corrected chi connectivity index (χ3v) is 8.27. The van der Waals surface area contributed by atoms with Gasteiger partial charge >= 0.3 is 12.0 Å². The minimum atomic E-state index is -3.57. The highest BCUT2D eigenvalue weighted by Crippen LogP contribution is 2.28. The van der Waals surface area contributed by atoms with E-state index in [1.54, 1.807) is 4.90 Å². The molecule has 2 atom stereocenters. The fourth-order valence-electron chi connectivity index (χ4n) is 5.48. The highest BCUT2D eigenvalue weighted by atomic mass is 32.2. The molecule has 4 rings (SSSR count). The number of piperidine rings is 1. The zero-order valence-corrected chi connectivity index (χ0v) is 24.9. The molecule has 0 radical (unpaired) electrons. The first-order chi connectivity index (χ1) is 20.0. The molecule has 2 aromatic rings. The molecule has 0 spiro atoms. The van der Waals surface area contributed by atoms with Crippen LogP contribution in [0.4, 0.5) is 16.2 Å². The number of hydrogen-bond donors (Lipinski definition) is 5. The Morgan fingerprint density at radius 2 is 1.79 bits per heavy atom. The van der Waals surface area contributed by atoms with Crippen molar-refractivity contribution in [3.05, 3.63) is 53.6 Å². The van der Waals surface area contributed by atoms with Crippen LogP contribution in [-0.2, 0) is 26.0 Å². The summed E-state index contributed by atoms with van der Waals surface area (Å²) in [5.41, 5.74) is 2.65. The number of aliphatic hydroxyl groups excluding tert-OH is 1. The first kappa shape index (κ1) is 31.4. The maximum absolute atomic E-state index is 13.0. The van der Waals surface area contributed by atoms with Gasteiger partial charge in [0, 0.05) is 49.5 Å². The van der Waals surface area contributed by atoms with Crippen LogP contribution in [0.5, 0.6) is 5.75 Å². The Balaban J connectivity index is 1.18. The van der Waals surface area contributed by atoms with E-state index in [4.69, 9.17) is 4.74 Å². The maximum Gasteiger partial charge on any atom is 0.328 e. The predicted octanol–water partition coefficient (Wildman–Crippen LogP) is 2.26. The summed E-state index contributed by atoms with van der Waals surface area (Å²) in [6.07, 6.45) is 3.88. The van der Waals surface area contributed by atoms with E-state index in [2.05, 4.69) is 15.4 Å². The van der Waals surface area contributed by atoms with Gasteiger partial charge < -0.3 is 35.4 Å². The molecule has 0 bridgehead atoms. The van der Waals surface area contributed by atoms with E-state index in [9.17, 15) is 28.2 Å². The number of carbonyl (C=O) groups is 2. The molecule has 2 aromatic carbocycles. The lowest BCUT2D eigenvalue weighted by molar-refractivity contribution is -0.145. The lowest BCUT2D eigenvalue weighted by Crippen LogP contribution is -2.51. The third kappa shape index (κ3) is 8.49. The van der Waals surface area contributed by atoms with E-state index in [1.165, 1.54) is 25.3 Å². The average molecular weight is 604 g/mol. The average Bonchev–Trinajstić information content (AvgIpc) is 3.45. The van der Waals surface area contributed by atoms with E-state index < -0.39 is 22.2 Å². The molecule has 0 aliphatic carbocycles. The Labute approximate surface area is 247 Å². The Morgan fingerprint density at radius 3 is 2.45 bits per heavy atom. The molecule has 12 nitrogen and oxygen atoms in total. The number of benzene rings is 2. The van der Waals surface area contributed by atoms with Crippen LogP contribution in [0.3, 0.4) is 0 Å². The summed E-state index contributed by atoms with van der Waals surface area (Å²) in [5.74, 6) is -0.447. The smallest absolute Gasteiger partial charge is 0.328 e. The van der Waals surface area contributed by atoms with Gasteiger partial charge in [-0.15, -0.1) is 0 Å². The Hall–Kier alpha value is -3.55. The van der Waals surface area contributed by atoms with E-state index >= 15 is 0 Å². The highest BCUT2D eigenvalue weighted by Gasteiger charge is 2.37. The molecule has 0 aromatic heterocycles. The number of hydrogen-bond acceptors (Lipinski definition) is 9. The predicted molar refractivity (Wildman–Crippen MR) is 160 cm³/mol. The van der Waals surface area contributed by atoms with Crippen LogP contribution in [0.1, 0.15) is 42.9 Å². The van der Waals surface area contributed by atoms with Crippen molar-refractivity contribution in [2.75, 3.05) is 56.1 Å². The van der Waals surface area contributed by atoms with E-state index in [-0.39, 0.29) is 36.0 Å². The monoisotopic (exact) mass is 603 g/mol. The lowest BCUT2D eigenvalue weighted by Gasteiger charge is -2.36. The molecular weight excluding hydrogens is 562 g/mol. The summed E-state index contributed by atoms with van der Waals surface area (Å²) >= 11 is 0. The van der Waals surface area contributed by atoms with Gasteiger partial charge in [0.1, 0.15) is 11.8 Å². The van der Waals surface area contributed by atoms with Crippen molar-refractivity contribution in [2.45, 2.75) is 50.3 Å². The summed E-state index contributed by atoms with van der Waals surface area (Å²) < 4.78 is 30.5. The summed E-state index contributed by atoms with van der Waals surface area (Å²) in [6, 6.07) is 12.0. The molecule has 2 amide bonds. The molecule has 2 aliphatic rings. The van der Waals surface area contributed by atoms with Crippen molar-refractivity contribution in [2.24, 2.45) is 0 Å². The molecule has 0 unspecified atom stereocenters. The van der Waals surface area contributed by atoms with Crippen molar-refractivity contribution < 1.29 is 33.0 Å². The van der Waals surface area contributed by atoms with Gasteiger partial charge in [-0.25, -0.2) is 18.0 Å². The van der Waals surface area contributed by atoms with Crippen LogP contribution in [0.15, 0.2) is 42.5 Å². The van der Waals surface area contributed by atoms with Crippen molar-refractivity contribution in [3.63, 3.8) is 0 Å². The number of esters is 1. The van der Waals surface area contributed by atoms with E-state index in [0.717, 1.165) is 43.2 Å². The molecule has 230 valence electrons. The van der Waals surface area contributed by atoms with E-state index in [0.29, 0.717) is 38.2 Å². The number of phenolic OH excluding ortho intramolecular Hbond substituents is 1. The largest absolute Gasteiger partial charge is 0.508 e. The molecular formula is C29H41N5O7S. The first-order valence-corrected chi connectivity index (χ1v) is 16.1. The number of nitrogens with one attached hydrogen (secondary N) is 3. The summed E-state index contributed by atoms with van der Waals surface area (Å²) in [7, 11) is -2.21. The molecule has 2 heterocycles. The SMILES string of the molecule is COC(=O)[C@@H]1CCCN1C(=O)N1CCC(Nc2ccc(CCNC[C@H](O)c3ccc(O)cc3NS(C)(=O)=O)cc2)CC1. The van der Waals surface area contributed by atoms with Gasteiger partial charge in [-0.05, 0) is 62.4 Å². The number of aliphatic hydroxyl groups is 1. The molecule has 2 saturated heterocycles. The van der Waals surface area contributed by atoms with Crippen LogP contribution < -0.4 is 15.4 Å². The number of methoxy groups -OCH3 is 1. The number of anilines is 2. The molecule has 42 heavy (non-hydrogen) atoms. The number of rotatable bonds is 11. The van der Waals surface area contributed by atoms with Gasteiger partial charge in [-0.1, -0.05) is 18.2 Å². The fourth-order valence-corrected chi connectivity index (χ4v) is 6.06. The molecule has 13 heteroatoms. The quantitative estimate of drug-likeness (QED) is 0.192. The number of phenols is 1. The number of urea groups is 1. The van der Waals surface area contributed by atoms with Gasteiger partial charge in [0.2, 0.25) is 10.0 Å². The van der Waals surface area contributed by atoms with Crippen molar-refractivity contribution in [1.82, 2.24) is 15.1 Å². The van der Waals surface area contributed by atoms with Crippen LogP contribution in [0.2, 0.25) is 0 Å². The van der Waals surface area contributed by atoms with Crippen molar-refractivity contribution >= 4 is 33.4 Å². The normalized spacial score (nSPS) is 18.5. The van der Waals surface area contributed by atoms with Crippen LogP contribution in [-0.4, -0.2) is 98.6 Å². The lowest BCUT2D eigenvalue weighted by atomic mass is 10.0. The second kappa shape index (κ2) is 14.1. The third-order valence-electron chi connectivity index (χ3n) is 7.68. The molecule has 2 fully saturated rings. The number of carbonyl (C=O) groups excluding carboxylic acids is 2. The second-order valence-corrected chi connectivity index (χ2v) is 12.6. The summed E-state index contributed by atoms with van der Waals surface area (Å²) in [4.78, 5) is 28.5. The maximum atomic E-state index is 13.0. The Kier molecular flexibility index (Phi) is 10.5. The first-order valence-electron chi connectivity index (χ1n) is 14.2. The van der Waals surface area contributed by atoms with Gasteiger partial charge in [0.15, 0.2) is 0 Å². The molecule has 5 N–H and O–H groups in total. The van der Waals surface area contributed by atoms with Gasteiger partial charge in [0.05, 0.1) is 25.2 Å². The Morgan fingerprint density at radius 1 is 1.07 bits per heavy atom. The minimum Gasteiger partial charge on any atom is -0.508 e.